The Morgan fingerprint density at radius 2 is 1.40 bits per heavy atom. The van der Waals surface area contributed by atoms with Gasteiger partial charge < -0.3 is 33.2 Å². The van der Waals surface area contributed by atoms with Crippen molar-refractivity contribution in [3.63, 3.8) is 0 Å². The van der Waals surface area contributed by atoms with Gasteiger partial charge in [0.1, 0.15) is 5.75 Å². The van der Waals surface area contributed by atoms with Crippen LogP contribution in [0.1, 0.15) is 5.56 Å². The van der Waals surface area contributed by atoms with Crippen LogP contribution < -0.4 is 19.1 Å². The molecular weight excluding hydrogens is 506 g/mol. The number of benzene rings is 3. The van der Waals surface area contributed by atoms with Crippen molar-refractivity contribution >= 4 is 16.6 Å². The third-order valence-corrected chi connectivity index (χ3v) is 7.90. The zero-order valence-electron chi connectivity index (χ0n) is 24.2. The second-order valence-electron chi connectivity index (χ2n) is 9.96. The van der Waals surface area contributed by atoms with E-state index in [9.17, 15) is 0 Å². The van der Waals surface area contributed by atoms with Crippen LogP contribution in [-0.4, -0.2) is 77.1 Å². The third-order valence-electron chi connectivity index (χ3n) is 7.90. The maximum absolute atomic E-state index is 5.97. The normalized spacial score (nSPS) is 17.8. The van der Waals surface area contributed by atoms with Crippen LogP contribution in [0.2, 0.25) is 0 Å². The first kappa shape index (κ1) is 27.8. The first-order chi connectivity index (χ1) is 19.5. The van der Waals surface area contributed by atoms with E-state index in [0.29, 0.717) is 0 Å². The van der Waals surface area contributed by atoms with Gasteiger partial charge in [-0.2, -0.15) is 0 Å². The molecule has 1 aromatic heterocycles. The number of aryl methyl sites for hydroxylation is 1. The van der Waals surface area contributed by atoms with Crippen molar-refractivity contribution in [2.24, 2.45) is 7.05 Å². The fourth-order valence-corrected chi connectivity index (χ4v) is 5.75. The molecule has 2 atom stereocenters. The molecule has 0 amide bonds. The molecule has 5 rings (SSSR count). The lowest BCUT2D eigenvalue weighted by Gasteiger charge is -2.47. The molecule has 1 aliphatic rings. The number of hydrogen-bond donors (Lipinski definition) is 0. The summed E-state index contributed by atoms with van der Waals surface area (Å²) in [5.41, 5.74) is 5.70. The van der Waals surface area contributed by atoms with Crippen molar-refractivity contribution in [1.82, 2.24) is 9.47 Å². The molecule has 212 valence electrons. The molecule has 2 heterocycles. The summed E-state index contributed by atoms with van der Waals surface area (Å²) in [5, 5.41) is 1.12. The molecule has 8 heteroatoms. The average molecular weight is 546 g/mol. The van der Waals surface area contributed by atoms with Gasteiger partial charge in [0.25, 0.3) is 0 Å². The lowest BCUT2D eigenvalue weighted by Crippen LogP contribution is -2.61. The van der Waals surface area contributed by atoms with E-state index in [2.05, 4.69) is 57.8 Å². The summed E-state index contributed by atoms with van der Waals surface area (Å²) >= 11 is 0. The van der Waals surface area contributed by atoms with Crippen LogP contribution in [-0.2, 0) is 22.9 Å². The molecule has 0 saturated carbocycles. The molecule has 0 N–H and O–H groups in total. The molecule has 8 nitrogen and oxygen atoms in total. The van der Waals surface area contributed by atoms with Crippen LogP contribution in [0, 0.1) is 0 Å². The average Bonchev–Trinajstić information content (AvgIpc) is 3.33. The fraction of sp³-hybridized carbons (Fsp3) is 0.375. The molecule has 3 aromatic carbocycles. The molecule has 0 spiro atoms. The number of fused-ring (bicyclic) bond motifs is 1. The second-order valence-corrected chi connectivity index (χ2v) is 9.96. The van der Waals surface area contributed by atoms with E-state index in [-0.39, 0.29) is 12.5 Å². The van der Waals surface area contributed by atoms with Gasteiger partial charge in [-0.15, -0.1) is 0 Å². The van der Waals surface area contributed by atoms with Gasteiger partial charge in [0.05, 0.1) is 32.5 Å². The van der Waals surface area contributed by atoms with Gasteiger partial charge in [0, 0.05) is 58.0 Å². The molecule has 0 radical (unpaired) electrons. The van der Waals surface area contributed by atoms with Crippen molar-refractivity contribution < 1.29 is 23.7 Å². The van der Waals surface area contributed by atoms with Crippen molar-refractivity contribution in [1.29, 1.82) is 0 Å². The van der Waals surface area contributed by atoms with Crippen molar-refractivity contribution in [3.05, 3.63) is 72.3 Å². The Morgan fingerprint density at radius 3 is 2.08 bits per heavy atom. The summed E-state index contributed by atoms with van der Waals surface area (Å²) in [7, 11) is 10.6. The van der Waals surface area contributed by atoms with E-state index >= 15 is 0 Å². The number of nitrogens with zero attached hydrogens (tertiary/aromatic N) is 3. The summed E-state index contributed by atoms with van der Waals surface area (Å²) in [4.78, 5) is 4.59. The number of aromatic nitrogens is 1. The number of ether oxygens (including phenoxy) is 5. The lowest BCUT2D eigenvalue weighted by atomic mass is 10.1. The second kappa shape index (κ2) is 12.2. The Kier molecular flexibility index (Phi) is 8.49. The highest BCUT2D eigenvalue weighted by molar-refractivity contribution is 5.89. The first-order valence-corrected chi connectivity index (χ1v) is 13.5. The predicted octanol–water partition coefficient (Wildman–Crippen LogP) is 5.18. The maximum atomic E-state index is 5.97. The van der Waals surface area contributed by atoms with E-state index in [1.807, 2.05) is 30.3 Å². The summed E-state index contributed by atoms with van der Waals surface area (Å²) in [6.07, 6.45) is 0.461. The number of anilines is 1. The molecule has 0 aliphatic carbocycles. The Labute approximate surface area is 236 Å². The van der Waals surface area contributed by atoms with Crippen LogP contribution in [0.5, 0.6) is 17.2 Å². The van der Waals surface area contributed by atoms with Gasteiger partial charge in [-0.25, -0.2) is 0 Å². The fourth-order valence-electron chi connectivity index (χ4n) is 5.75. The van der Waals surface area contributed by atoms with Gasteiger partial charge in [0.2, 0.25) is 0 Å². The third kappa shape index (κ3) is 5.22. The largest absolute Gasteiger partial charge is 0.495 e. The number of rotatable bonds is 10. The Morgan fingerprint density at radius 1 is 0.725 bits per heavy atom. The molecule has 1 fully saturated rings. The Hall–Kier alpha value is -3.72. The maximum Gasteiger partial charge on any atom is 0.170 e. The van der Waals surface area contributed by atoms with Crippen molar-refractivity contribution in [2.75, 3.05) is 60.1 Å². The topological polar surface area (TPSA) is 57.6 Å². The highest BCUT2D eigenvalue weighted by Crippen LogP contribution is 2.36. The smallest absolute Gasteiger partial charge is 0.170 e. The summed E-state index contributed by atoms with van der Waals surface area (Å²) in [5.74, 6) is 2.29. The van der Waals surface area contributed by atoms with E-state index in [4.69, 9.17) is 23.7 Å². The van der Waals surface area contributed by atoms with Crippen LogP contribution >= 0.6 is 0 Å². The summed E-state index contributed by atoms with van der Waals surface area (Å²) in [6.45, 7) is 2.54. The quantitative estimate of drug-likeness (QED) is 0.272. The molecule has 2 unspecified atom stereocenters. The Balaban J connectivity index is 1.29. The predicted molar refractivity (Wildman–Crippen MR) is 159 cm³/mol. The number of para-hydroxylation sites is 2. The zero-order valence-corrected chi connectivity index (χ0v) is 24.2. The zero-order chi connectivity index (χ0) is 28.2. The minimum atomic E-state index is -0.249. The van der Waals surface area contributed by atoms with E-state index in [0.717, 1.165) is 65.6 Å². The SMILES string of the molecule is COc1cc2cc(-c3ccc(CCN4CCN(c5ccccc5OC)C(OC)C4OC)cc3)n(C)c2cc1OC. The van der Waals surface area contributed by atoms with Gasteiger partial charge in [0.15, 0.2) is 24.0 Å². The van der Waals surface area contributed by atoms with Crippen LogP contribution in [0.25, 0.3) is 22.2 Å². The summed E-state index contributed by atoms with van der Waals surface area (Å²) < 4.78 is 30.7. The number of hydrogen-bond acceptors (Lipinski definition) is 7. The number of piperazine rings is 1. The number of methoxy groups -OCH3 is 5. The van der Waals surface area contributed by atoms with Crippen molar-refractivity contribution in [3.8, 4) is 28.5 Å². The first-order valence-electron chi connectivity index (χ1n) is 13.5. The highest BCUT2D eigenvalue weighted by Gasteiger charge is 2.37. The van der Waals surface area contributed by atoms with Gasteiger partial charge in [-0.3, -0.25) is 4.90 Å². The van der Waals surface area contributed by atoms with E-state index < -0.39 is 0 Å². The monoisotopic (exact) mass is 545 g/mol. The minimum Gasteiger partial charge on any atom is -0.495 e. The highest BCUT2D eigenvalue weighted by atomic mass is 16.6. The molecule has 0 bridgehead atoms. The van der Waals surface area contributed by atoms with Crippen LogP contribution in [0.4, 0.5) is 5.69 Å². The van der Waals surface area contributed by atoms with Gasteiger partial charge >= 0.3 is 0 Å². The minimum absolute atomic E-state index is 0.201. The van der Waals surface area contributed by atoms with Gasteiger partial charge in [-0.05, 0) is 41.8 Å². The van der Waals surface area contributed by atoms with Gasteiger partial charge in [-0.1, -0.05) is 36.4 Å². The molecule has 4 aromatic rings. The van der Waals surface area contributed by atoms with E-state index in [1.165, 1.54) is 11.1 Å². The van der Waals surface area contributed by atoms with Crippen LogP contribution in [0.3, 0.4) is 0 Å². The van der Waals surface area contributed by atoms with Crippen molar-refractivity contribution in [2.45, 2.75) is 18.9 Å². The van der Waals surface area contributed by atoms with Crippen LogP contribution in [0.15, 0.2) is 66.7 Å². The summed E-state index contributed by atoms with van der Waals surface area (Å²) in [6, 6.07) is 23.1. The molecule has 1 aliphatic heterocycles. The lowest BCUT2D eigenvalue weighted by molar-refractivity contribution is -0.134. The molecule has 40 heavy (non-hydrogen) atoms. The molecule has 1 saturated heterocycles. The standard InChI is InChI=1S/C32H39N3O5/c1-33-26(19-24-20-29(37-3)30(38-4)21-27(24)33)23-13-11-22(12-14-23)15-16-34-17-18-35(32(40-6)31(34)39-5)25-9-7-8-10-28(25)36-2/h7-14,19-21,31-32H,15-18H2,1-6H3. The Bertz CT molecular complexity index is 1430. The molecular formula is C32H39N3O5. The van der Waals surface area contributed by atoms with E-state index in [1.54, 1.807) is 35.5 Å².